The second-order valence-electron chi connectivity index (χ2n) is 5.07. The van der Waals surface area contributed by atoms with Crippen LogP contribution in [0.4, 0.5) is 0 Å². The van der Waals surface area contributed by atoms with Crippen molar-refractivity contribution in [3.05, 3.63) is 23.3 Å². The fourth-order valence-electron chi connectivity index (χ4n) is 2.34. The second-order valence-corrected chi connectivity index (χ2v) is 5.07. The number of nitrogens with zero attached hydrogens (tertiary/aromatic N) is 4. The maximum atomic E-state index is 10.8. The molecular weight excluding hydrogens is 228 g/mol. The van der Waals surface area contributed by atoms with Crippen LogP contribution in [0.2, 0.25) is 0 Å². The van der Waals surface area contributed by atoms with Crippen molar-refractivity contribution in [3.8, 4) is 0 Å². The standard InChI is InChI=1S/C13H20N4O/c1-10-6-11(9-18)15-13(14-10)7-12-8-16(2)4-5-17(12)3/h6,9,12H,4-5,7-8H2,1-3H3. The van der Waals surface area contributed by atoms with Crippen molar-refractivity contribution in [2.24, 2.45) is 0 Å². The van der Waals surface area contributed by atoms with Crippen LogP contribution >= 0.6 is 0 Å². The summed E-state index contributed by atoms with van der Waals surface area (Å²) in [5, 5.41) is 0. The van der Waals surface area contributed by atoms with Gasteiger partial charge in [-0.1, -0.05) is 0 Å². The van der Waals surface area contributed by atoms with Gasteiger partial charge in [-0.15, -0.1) is 0 Å². The highest BCUT2D eigenvalue weighted by Crippen LogP contribution is 2.11. The molecule has 0 amide bonds. The van der Waals surface area contributed by atoms with Gasteiger partial charge in [0.15, 0.2) is 6.29 Å². The van der Waals surface area contributed by atoms with E-state index in [1.165, 1.54) is 0 Å². The summed E-state index contributed by atoms with van der Waals surface area (Å²) in [6.07, 6.45) is 1.58. The molecular formula is C13H20N4O. The maximum absolute atomic E-state index is 10.8. The smallest absolute Gasteiger partial charge is 0.168 e. The van der Waals surface area contributed by atoms with Crippen molar-refractivity contribution >= 4 is 6.29 Å². The van der Waals surface area contributed by atoms with Gasteiger partial charge < -0.3 is 9.80 Å². The summed E-state index contributed by atoms with van der Waals surface area (Å²) in [6.45, 7) is 5.08. The Bertz CT molecular complexity index is 435. The van der Waals surface area contributed by atoms with E-state index in [2.05, 4.69) is 33.9 Å². The summed E-state index contributed by atoms with van der Waals surface area (Å²) in [5.74, 6) is 0.768. The molecule has 5 nitrogen and oxygen atoms in total. The number of piperazine rings is 1. The predicted molar refractivity (Wildman–Crippen MR) is 69.8 cm³/mol. The van der Waals surface area contributed by atoms with Crippen LogP contribution in [0, 0.1) is 6.92 Å². The molecule has 1 aromatic rings. The summed E-state index contributed by atoms with van der Waals surface area (Å²) < 4.78 is 0. The minimum absolute atomic E-state index is 0.421. The molecule has 0 bridgehead atoms. The molecule has 2 heterocycles. The van der Waals surface area contributed by atoms with Gasteiger partial charge in [-0.05, 0) is 27.1 Å². The average Bonchev–Trinajstić information content (AvgIpc) is 2.33. The van der Waals surface area contributed by atoms with E-state index in [9.17, 15) is 4.79 Å². The van der Waals surface area contributed by atoms with Crippen molar-refractivity contribution in [2.75, 3.05) is 33.7 Å². The lowest BCUT2D eigenvalue weighted by Crippen LogP contribution is -2.51. The van der Waals surface area contributed by atoms with Crippen LogP contribution in [0.15, 0.2) is 6.07 Å². The third-order valence-electron chi connectivity index (χ3n) is 3.44. The Balaban J connectivity index is 2.12. The zero-order valence-electron chi connectivity index (χ0n) is 11.3. The Labute approximate surface area is 108 Å². The second kappa shape index (κ2) is 5.54. The normalized spacial score (nSPS) is 22.1. The van der Waals surface area contributed by atoms with Crippen LogP contribution < -0.4 is 0 Å². The van der Waals surface area contributed by atoms with Crippen LogP contribution in [0.1, 0.15) is 22.0 Å². The van der Waals surface area contributed by atoms with Crippen molar-refractivity contribution in [1.29, 1.82) is 0 Å². The van der Waals surface area contributed by atoms with Gasteiger partial charge in [-0.3, -0.25) is 4.79 Å². The molecule has 1 aliphatic heterocycles. The molecule has 2 rings (SSSR count). The van der Waals surface area contributed by atoms with Gasteiger partial charge in [-0.2, -0.15) is 0 Å². The third kappa shape index (κ3) is 3.11. The molecule has 18 heavy (non-hydrogen) atoms. The number of carbonyl (C=O) groups excluding carboxylic acids is 1. The molecule has 0 radical (unpaired) electrons. The van der Waals surface area contributed by atoms with Gasteiger partial charge in [0.25, 0.3) is 0 Å². The number of aldehydes is 1. The Morgan fingerprint density at radius 3 is 2.89 bits per heavy atom. The number of likely N-dealkylation sites (N-methyl/N-ethyl adjacent to an activating group) is 2. The lowest BCUT2D eigenvalue weighted by molar-refractivity contribution is 0.111. The van der Waals surface area contributed by atoms with Crippen LogP contribution in [0.25, 0.3) is 0 Å². The van der Waals surface area contributed by atoms with Crippen LogP contribution in [0.3, 0.4) is 0 Å². The average molecular weight is 248 g/mol. The molecule has 1 saturated heterocycles. The number of aryl methyl sites for hydroxylation is 1. The first-order chi connectivity index (χ1) is 8.58. The molecule has 1 atom stereocenters. The minimum Gasteiger partial charge on any atom is -0.304 e. The molecule has 0 saturated carbocycles. The van der Waals surface area contributed by atoms with E-state index < -0.39 is 0 Å². The maximum Gasteiger partial charge on any atom is 0.168 e. The van der Waals surface area contributed by atoms with Crippen LogP contribution in [0.5, 0.6) is 0 Å². The SMILES string of the molecule is Cc1cc(C=O)nc(CC2CN(C)CCN2C)n1. The zero-order chi connectivity index (χ0) is 13.1. The summed E-state index contributed by atoms with van der Waals surface area (Å²) in [5.41, 5.74) is 1.33. The molecule has 1 aromatic heterocycles. The van der Waals surface area contributed by atoms with Crippen molar-refractivity contribution in [1.82, 2.24) is 19.8 Å². The molecule has 0 aromatic carbocycles. The van der Waals surface area contributed by atoms with Crippen LogP contribution in [-0.4, -0.2) is 65.8 Å². The van der Waals surface area contributed by atoms with E-state index in [4.69, 9.17) is 0 Å². The number of hydrogen-bond donors (Lipinski definition) is 0. The van der Waals surface area contributed by atoms with Gasteiger partial charge >= 0.3 is 0 Å². The number of hydrogen-bond acceptors (Lipinski definition) is 5. The minimum atomic E-state index is 0.421. The lowest BCUT2D eigenvalue weighted by Gasteiger charge is -2.37. The van der Waals surface area contributed by atoms with Crippen molar-refractivity contribution in [2.45, 2.75) is 19.4 Å². The van der Waals surface area contributed by atoms with E-state index in [0.717, 1.165) is 43.9 Å². The fourth-order valence-corrected chi connectivity index (χ4v) is 2.34. The van der Waals surface area contributed by atoms with Gasteiger partial charge in [0.05, 0.1) is 0 Å². The Hall–Kier alpha value is -1.33. The highest BCUT2D eigenvalue weighted by atomic mass is 16.1. The molecule has 1 fully saturated rings. The van der Waals surface area contributed by atoms with Crippen molar-refractivity contribution < 1.29 is 4.79 Å². The third-order valence-corrected chi connectivity index (χ3v) is 3.44. The molecule has 0 aliphatic carbocycles. The highest BCUT2D eigenvalue weighted by molar-refractivity contribution is 5.71. The zero-order valence-corrected chi connectivity index (χ0v) is 11.3. The van der Waals surface area contributed by atoms with Crippen molar-refractivity contribution in [3.63, 3.8) is 0 Å². The van der Waals surface area contributed by atoms with Gasteiger partial charge in [0, 0.05) is 37.8 Å². The molecule has 1 aliphatic rings. The summed E-state index contributed by atoms with van der Waals surface area (Å²) >= 11 is 0. The predicted octanol–water partition coefficient (Wildman–Crippen LogP) is 0.386. The topological polar surface area (TPSA) is 49.3 Å². The highest BCUT2D eigenvalue weighted by Gasteiger charge is 2.23. The lowest BCUT2D eigenvalue weighted by atomic mass is 10.1. The first-order valence-corrected chi connectivity index (χ1v) is 6.27. The number of rotatable bonds is 3. The summed E-state index contributed by atoms with van der Waals surface area (Å²) in [4.78, 5) is 24.2. The van der Waals surface area contributed by atoms with E-state index in [1.54, 1.807) is 6.07 Å². The van der Waals surface area contributed by atoms with Gasteiger partial charge in [0.2, 0.25) is 0 Å². The fraction of sp³-hybridized carbons (Fsp3) is 0.615. The Kier molecular flexibility index (Phi) is 4.04. The van der Waals surface area contributed by atoms with E-state index >= 15 is 0 Å². The van der Waals surface area contributed by atoms with E-state index in [0.29, 0.717) is 11.7 Å². The van der Waals surface area contributed by atoms with E-state index in [-0.39, 0.29) is 0 Å². The van der Waals surface area contributed by atoms with E-state index in [1.807, 2.05) is 6.92 Å². The molecule has 98 valence electrons. The Morgan fingerprint density at radius 2 is 2.17 bits per heavy atom. The summed E-state index contributed by atoms with van der Waals surface area (Å²) in [6, 6.07) is 2.14. The van der Waals surface area contributed by atoms with Crippen LogP contribution in [-0.2, 0) is 6.42 Å². The monoisotopic (exact) mass is 248 g/mol. The molecule has 0 spiro atoms. The number of carbonyl (C=O) groups is 1. The quantitative estimate of drug-likeness (QED) is 0.724. The first kappa shape index (κ1) is 13.1. The van der Waals surface area contributed by atoms with Gasteiger partial charge in [0.1, 0.15) is 11.5 Å². The largest absolute Gasteiger partial charge is 0.304 e. The first-order valence-electron chi connectivity index (χ1n) is 6.27. The van der Waals surface area contributed by atoms with Gasteiger partial charge in [-0.25, -0.2) is 9.97 Å². The molecule has 1 unspecified atom stereocenters. The molecule has 0 N–H and O–H groups in total. The summed E-state index contributed by atoms with van der Waals surface area (Å²) in [7, 11) is 4.27. The number of aromatic nitrogens is 2. The molecule has 5 heteroatoms. The Morgan fingerprint density at radius 1 is 1.39 bits per heavy atom.